The lowest BCUT2D eigenvalue weighted by atomic mass is 10.1. The summed E-state index contributed by atoms with van der Waals surface area (Å²) < 4.78 is 22.7. The highest BCUT2D eigenvalue weighted by Gasteiger charge is 2.16. The Bertz CT molecular complexity index is 996. The van der Waals surface area contributed by atoms with Gasteiger partial charge in [0.15, 0.2) is 6.54 Å². The Labute approximate surface area is 171 Å². The zero-order valence-corrected chi connectivity index (χ0v) is 16.7. The Morgan fingerprint density at radius 1 is 0.793 bits per heavy atom. The number of nitrogens with one attached hydrogen (secondary N) is 2. The predicted octanol–water partition coefficient (Wildman–Crippen LogP) is 1.56. The van der Waals surface area contributed by atoms with Gasteiger partial charge >= 0.3 is 0 Å². The summed E-state index contributed by atoms with van der Waals surface area (Å²) in [6, 6.07) is 25.9. The molecule has 4 N–H and O–H groups in total. The Balaban J connectivity index is 1.68. The van der Waals surface area contributed by atoms with Gasteiger partial charge in [0.1, 0.15) is 13.1 Å². The van der Waals surface area contributed by atoms with Crippen molar-refractivity contribution in [3.05, 3.63) is 96.1 Å². The molecule has 0 bridgehead atoms. The number of nitrogens with two attached hydrogens (primary N) is 1. The number of sulfonamides is 1. The van der Waals surface area contributed by atoms with E-state index in [1.165, 1.54) is 24.3 Å². The Hall–Kier alpha value is -3.00. The van der Waals surface area contributed by atoms with Gasteiger partial charge < -0.3 is 10.2 Å². The molecular formula is C22H24N3O3S+. The number of hydrogen-bond donors (Lipinski definition) is 3. The number of anilines is 1. The van der Waals surface area contributed by atoms with Gasteiger partial charge in [0.05, 0.1) is 4.90 Å². The summed E-state index contributed by atoms with van der Waals surface area (Å²) in [5.74, 6) is -0.143. The van der Waals surface area contributed by atoms with Crippen LogP contribution in [0.15, 0.2) is 89.8 Å². The third-order valence-electron chi connectivity index (χ3n) is 4.47. The van der Waals surface area contributed by atoms with Crippen LogP contribution in [-0.2, 0) is 27.9 Å². The second-order valence-corrected chi connectivity index (χ2v) is 8.43. The van der Waals surface area contributed by atoms with Crippen LogP contribution in [0.3, 0.4) is 0 Å². The second kappa shape index (κ2) is 9.47. The number of rotatable bonds is 8. The van der Waals surface area contributed by atoms with Crippen molar-refractivity contribution >= 4 is 21.6 Å². The summed E-state index contributed by atoms with van der Waals surface area (Å²) in [5.41, 5.74) is 2.84. The highest BCUT2D eigenvalue weighted by Crippen LogP contribution is 2.12. The van der Waals surface area contributed by atoms with Gasteiger partial charge in [0.25, 0.3) is 5.91 Å². The molecule has 150 valence electrons. The fourth-order valence-electron chi connectivity index (χ4n) is 3.12. The summed E-state index contributed by atoms with van der Waals surface area (Å²) in [7, 11) is -3.75. The molecule has 0 saturated heterocycles. The normalized spacial score (nSPS) is 11.4. The van der Waals surface area contributed by atoms with Crippen LogP contribution < -0.4 is 15.4 Å². The van der Waals surface area contributed by atoms with E-state index in [9.17, 15) is 13.2 Å². The first kappa shape index (κ1) is 20.7. The smallest absolute Gasteiger partial charge is 0.279 e. The number of carbonyl (C=O) groups is 1. The number of hydrogen-bond acceptors (Lipinski definition) is 3. The predicted molar refractivity (Wildman–Crippen MR) is 113 cm³/mol. The monoisotopic (exact) mass is 410 g/mol. The minimum absolute atomic E-state index is 0.0101. The summed E-state index contributed by atoms with van der Waals surface area (Å²) in [6.45, 7) is 1.71. The van der Waals surface area contributed by atoms with Crippen molar-refractivity contribution in [3.63, 3.8) is 0 Å². The molecule has 0 aromatic heterocycles. The lowest BCUT2D eigenvalue weighted by Crippen LogP contribution is -3.10. The Morgan fingerprint density at radius 2 is 1.28 bits per heavy atom. The number of amides is 1. The van der Waals surface area contributed by atoms with E-state index in [0.717, 1.165) is 16.0 Å². The lowest BCUT2D eigenvalue weighted by Gasteiger charge is -2.19. The van der Waals surface area contributed by atoms with Crippen LogP contribution in [0, 0.1) is 0 Å². The largest absolute Gasteiger partial charge is 0.321 e. The number of quaternary nitrogens is 1. The molecule has 0 unspecified atom stereocenters. The third-order valence-corrected chi connectivity index (χ3v) is 5.40. The van der Waals surface area contributed by atoms with E-state index in [0.29, 0.717) is 18.8 Å². The zero-order valence-electron chi connectivity index (χ0n) is 15.9. The third kappa shape index (κ3) is 6.53. The first-order valence-corrected chi connectivity index (χ1v) is 10.8. The van der Waals surface area contributed by atoms with Crippen molar-refractivity contribution in [3.8, 4) is 0 Å². The average Bonchev–Trinajstić information content (AvgIpc) is 2.69. The van der Waals surface area contributed by atoms with Crippen LogP contribution >= 0.6 is 0 Å². The molecule has 0 aliphatic heterocycles. The van der Waals surface area contributed by atoms with Crippen molar-refractivity contribution in [2.24, 2.45) is 5.14 Å². The van der Waals surface area contributed by atoms with Gasteiger partial charge in [-0.25, -0.2) is 13.6 Å². The molecule has 0 heterocycles. The molecule has 0 atom stereocenters. The highest BCUT2D eigenvalue weighted by atomic mass is 32.2. The Morgan fingerprint density at radius 3 is 1.72 bits per heavy atom. The van der Waals surface area contributed by atoms with Gasteiger partial charge in [-0.2, -0.15) is 0 Å². The summed E-state index contributed by atoms with van der Waals surface area (Å²) in [4.78, 5) is 13.7. The molecule has 3 aromatic rings. The maximum Gasteiger partial charge on any atom is 0.279 e. The molecule has 0 aliphatic carbocycles. The molecule has 3 rings (SSSR count). The minimum atomic E-state index is -3.75. The first-order chi connectivity index (χ1) is 13.9. The second-order valence-electron chi connectivity index (χ2n) is 6.87. The standard InChI is InChI=1S/C22H23N3O3S/c23-29(27,28)21-13-11-20(12-14-21)24-22(26)17-25(15-18-7-3-1-4-8-18)16-19-9-5-2-6-10-19/h1-14H,15-17H2,(H,24,26)(H2,23,27,28)/p+1. The topological polar surface area (TPSA) is 93.7 Å². The molecule has 1 amide bonds. The molecule has 0 saturated carbocycles. The van der Waals surface area contributed by atoms with E-state index in [4.69, 9.17) is 5.14 Å². The molecule has 0 aliphatic rings. The van der Waals surface area contributed by atoms with Gasteiger partial charge in [-0.3, -0.25) is 4.79 Å². The molecule has 0 radical (unpaired) electrons. The lowest BCUT2D eigenvalue weighted by molar-refractivity contribution is -0.919. The van der Waals surface area contributed by atoms with E-state index in [1.54, 1.807) is 0 Å². The van der Waals surface area contributed by atoms with Gasteiger partial charge in [0, 0.05) is 16.8 Å². The van der Waals surface area contributed by atoms with Crippen LogP contribution in [0.1, 0.15) is 11.1 Å². The van der Waals surface area contributed by atoms with Crippen molar-refractivity contribution in [2.45, 2.75) is 18.0 Å². The van der Waals surface area contributed by atoms with E-state index in [1.807, 2.05) is 36.4 Å². The van der Waals surface area contributed by atoms with Crippen molar-refractivity contribution in [1.82, 2.24) is 0 Å². The SMILES string of the molecule is NS(=O)(=O)c1ccc(NC(=O)C[NH+](Cc2ccccc2)Cc2ccccc2)cc1. The Kier molecular flexibility index (Phi) is 6.77. The molecule has 7 heteroatoms. The molecule has 6 nitrogen and oxygen atoms in total. The number of carbonyl (C=O) groups excluding carboxylic acids is 1. The van der Waals surface area contributed by atoms with Crippen molar-refractivity contribution in [2.75, 3.05) is 11.9 Å². The number of primary sulfonamides is 1. The quantitative estimate of drug-likeness (QED) is 0.526. The maximum absolute atomic E-state index is 12.6. The molecule has 0 spiro atoms. The van der Waals surface area contributed by atoms with Gasteiger partial charge in [0.2, 0.25) is 10.0 Å². The van der Waals surface area contributed by atoms with Crippen LogP contribution in [0.5, 0.6) is 0 Å². The van der Waals surface area contributed by atoms with Crippen molar-refractivity contribution in [1.29, 1.82) is 0 Å². The minimum Gasteiger partial charge on any atom is -0.321 e. The van der Waals surface area contributed by atoms with E-state index < -0.39 is 10.0 Å². The van der Waals surface area contributed by atoms with E-state index in [-0.39, 0.29) is 17.3 Å². The van der Waals surface area contributed by atoms with E-state index >= 15 is 0 Å². The summed E-state index contributed by atoms with van der Waals surface area (Å²) in [5, 5.41) is 7.93. The molecule has 0 fully saturated rings. The number of benzene rings is 3. The first-order valence-electron chi connectivity index (χ1n) is 9.24. The molecular weight excluding hydrogens is 386 g/mol. The zero-order chi connectivity index (χ0) is 20.7. The summed E-state index contributed by atoms with van der Waals surface area (Å²) in [6.07, 6.45) is 0. The van der Waals surface area contributed by atoms with Gasteiger partial charge in [-0.15, -0.1) is 0 Å². The maximum atomic E-state index is 12.6. The average molecular weight is 411 g/mol. The summed E-state index contributed by atoms with van der Waals surface area (Å²) >= 11 is 0. The van der Waals surface area contributed by atoms with Crippen LogP contribution in [-0.4, -0.2) is 20.9 Å². The molecule has 29 heavy (non-hydrogen) atoms. The van der Waals surface area contributed by atoms with Gasteiger partial charge in [-0.05, 0) is 24.3 Å². The van der Waals surface area contributed by atoms with Crippen LogP contribution in [0.25, 0.3) is 0 Å². The fraction of sp³-hybridized carbons (Fsp3) is 0.136. The highest BCUT2D eigenvalue weighted by molar-refractivity contribution is 7.89. The van der Waals surface area contributed by atoms with Crippen molar-refractivity contribution < 1.29 is 18.1 Å². The molecule has 3 aromatic carbocycles. The fourth-order valence-corrected chi connectivity index (χ4v) is 3.63. The van der Waals surface area contributed by atoms with E-state index in [2.05, 4.69) is 29.6 Å². The van der Waals surface area contributed by atoms with Crippen LogP contribution in [0.4, 0.5) is 5.69 Å². The van der Waals surface area contributed by atoms with Crippen LogP contribution in [0.2, 0.25) is 0 Å². The van der Waals surface area contributed by atoms with Gasteiger partial charge in [-0.1, -0.05) is 60.7 Å².